The summed E-state index contributed by atoms with van der Waals surface area (Å²) in [5.74, 6) is -1.63. The fourth-order valence-electron chi connectivity index (χ4n) is 4.97. The molecule has 13 nitrogen and oxygen atoms in total. The van der Waals surface area contributed by atoms with Gasteiger partial charge in [0.25, 0.3) is 11.8 Å². The number of aryl methyl sites for hydroxylation is 1. The van der Waals surface area contributed by atoms with E-state index in [2.05, 4.69) is 30.9 Å². The summed E-state index contributed by atoms with van der Waals surface area (Å²) in [6, 6.07) is 13.3. The van der Waals surface area contributed by atoms with Gasteiger partial charge in [-0.05, 0) is 36.3 Å². The SMILES string of the molecule is CCn1nncc1SCC1=C(C(=O)O)N2C(=O)C(NC(=O)Cc3ccccc3NC(=O)c3nc4ccccc4[nH]3)[C@H]2SC1. The Balaban J connectivity index is 1.10. The summed E-state index contributed by atoms with van der Waals surface area (Å²) in [4.78, 5) is 59.8. The van der Waals surface area contributed by atoms with E-state index in [1.54, 1.807) is 41.2 Å². The van der Waals surface area contributed by atoms with Crippen LogP contribution in [0.3, 0.4) is 0 Å². The highest BCUT2D eigenvalue weighted by Crippen LogP contribution is 2.41. The maximum atomic E-state index is 13.1. The van der Waals surface area contributed by atoms with Crippen LogP contribution in [0.25, 0.3) is 11.0 Å². The number of nitrogens with one attached hydrogen (secondary N) is 3. The van der Waals surface area contributed by atoms with Crippen molar-refractivity contribution in [1.82, 2.24) is 35.2 Å². The Kier molecular flexibility index (Phi) is 7.90. The average molecular weight is 619 g/mol. The predicted molar refractivity (Wildman–Crippen MR) is 160 cm³/mol. The number of benzene rings is 2. The first-order chi connectivity index (χ1) is 20.8. The number of aromatic nitrogens is 5. The van der Waals surface area contributed by atoms with Crippen LogP contribution in [0, 0.1) is 0 Å². The smallest absolute Gasteiger partial charge is 0.352 e. The second kappa shape index (κ2) is 11.9. The zero-order valence-corrected chi connectivity index (χ0v) is 24.4. The second-order valence-electron chi connectivity index (χ2n) is 9.78. The molecule has 0 bridgehead atoms. The average Bonchev–Trinajstić information content (AvgIpc) is 3.66. The summed E-state index contributed by atoms with van der Waals surface area (Å²) >= 11 is 2.82. The summed E-state index contributed by atoms with van der Waals surface area (Å²) in [6.07, 6.45) is 1.52. The number of nitrogens with zero attached hydrogens (tertiary/aromatic N) is 5. The molecule has 4 N–H and O–H groups in total. The molecule has 4 heterocycles. The van der Waals surface area contributed by atoms with Gasteiger partial charge < -0.3 is 20.7 Å². The summed E-state index contributed by atoms with van der Waals surface area (Å²) in [5.41, 5.74) is 2.96. The highest BCUT2D eigenvalue weighted by Gasteiger charge is 2.54. The van der Waals surface area contributed by atoms with Crippen LogP contribution < -0.4 is 10.6 Å². The lowest BCUT2D eigenvalue weighted by Crippen LogP contribution is -2.70. The van der Waals surface area contributed by atoms with E-state index in [-0.39, 0.29) is 17.9 Å². The highest BCUT2D eigenvalue weighted by molar-refractivity contribution is 8.01. The minimum atomic E-state index is -1.18. The molecule has 1 unspecified atom stereocenters. The molecule has 1 fully saturated rings. The van der Waals surface area contributed by atoms with Gasteiger partial charge in [-0.15, -0.1) is 28.6 Å². The summed E-state index contributed by atoms with van der Waals surface area (Å²) in [6.45, 7) is 2.57. The Morgan fingerprint density at radius 2 is 1.95 bits per heavy atom. The number of fused-ring (bicyclic) bond motifs is 2. The maximum Gasteiger partial charge on any atom is 0.352 e. The van der Waals surface area contributed by atoms with E-state index in [4.69, 9.17) is 0 Å². The molecule has 43 heavy (non-hydrogen) atoms. The number of aliphatic carboxylic acids is 1. The van der Waals surface area contributed by atoms with Gasteiger partial charge in [0.2, 0.25) is 5.91 Å². The van der Waals surface area contributed by atoms with Gasteiger partial charge in [-0.2, -0.15) is 0 Å². The first-order valence-electron chi connectivity index (χ1n) is 13.4. The minimum absolute atomic E-state index is 0.0408. The number of aromatic amines is 1. The quantitative estimate of drug-likeness (QED) is 0.153. The molecule has 15 heteroatoms. The third kappa shape index (κ3) is 5.60. The van der Waals surface area contributed by atoms with E-state index in [0.29, 0.717) is 40.4 Å². The highest BCUT2D eigenvalue weighted by atomic mass is 32.2. The number of imidazole rings is 1. The fraction of sp³-hybridized carbons (Fsp3) is 0.250. The number of carbonyl (C=O) groups is 4. The van der Waals surface area contributed by atoms with Crippen molar-refractivity contribution in [3.05, 3.63) is 77.4 Å². The number of hydrogen-bond donors (Lipinski definition) is 4. The zero-order valence-electron chi connectivity index (χ0n) is 22.8. The van der Waals surface area contributed by atoms with Gasteiger partial charge in [0.05, 0.1) is 23.7 Å². The number of carboxylic acid groups (broad SMARTS) is 1. The number of rotatable bonds is 10. The number of hydrogen-bond acceptors (Lipinski definition) is 9. The number of carbonyl (C=O) groups excluding carboxylic acids is 3. The Morgan fingerprint density at radius 3 is 2.74 bits per heavy atom. The third-order valence-corrected chi connectivity index (χ3v) is 9.51. The van der Waals surface area contributed by atoms with Crippen LogP contribution >= 0.6 is 23.5 Å². The molecule has 2 aromatic heterocycles. The standard InChI is InChI=1S/C28H26N8O5S2/c1-2-35-21(12-29-34-35)42-13-16-14-43-27-22(26(39)36(27)23(16)28(40)41)33-20(37)11-15-7-3-4-8-17(15)32-25(38)24-30-18-9-5-6-10-19(18)31-24/h3-10,12,22,27H,2,11,13-14H2,1H3,(H,30,31)(H,32,38)(H,33,37)(H,40,41)/t22?,27-/m1/s1. The van der Waals surface area contributed by atoms with Gasteiger partial charge in [0.1, 0.15) is 22.1 Å². The van der Waals surface area contributed by atoms with Gasteiger partial charge >= 0.3 is 5.97 Å². The van der Waals surface area contributed by atoms with Crippen LogP contribution in [-0.2, 0) is 27.3 Å². The molecular formula is C28H26N8O5S2. The van der Waals surface area contributed by atoms with Crippen molar-refractivity contribution < 1.29 is 24.3 Å². The van der Waals surface area contributed by atoms with Crippen LogP contribution in [0.5, 0.6) is 0 Å². The van der Waals surface area contributed by atoms with Crippen molar-refractivity contribution >= 4 is 63.9 Å². The Bertz CT molecular complexity index is 1750. The third-order valence-electron chi connectivity index (χ3n) is 7.06. The van der Waals surface area contributed by atoms with Crippen LogP contribution in [-0.4, -0.2) is 81.6 Å². The van der Waals surface area contributed by atoms with E-state index in [1.807, 2.05) is 25.1 Å². The van der Waals surface area contributed by atoms with Gasteiger partial charge in [0, 0.05) is 23.7 Å². The molecule has 220 valence electrons. The number of thioether (sulfide) groups is 2. The molecule has 0 saturated carbocycles. The molecule has 0 radical (unpaired) electrons. The maximum absolute atomic E-state index is 13.1. The van der Waals surface area contributed by atoms with Gasteiger partial charge in [-0.1, -0.05) is 35.5 Å². The van der Waals surface area contributed by atoms with Crippen molar-refractivity contribution in [3.8, 4) is 0 Å². The number of amides is 3. The van der Waals surface area contributed by atoms with Crippen LogP contribution in [0.2, 0.25) is 0 Å². The van der Waals surface area contributed by atoms with Crippen molar-refractivity contribution in [2.75, 3.05) is 16.8 Å². The molecular weight excluding hydrogens is 592 g/mol. The Morgan fingerprint density at radius 1 is 1.16 bits per heavy atom. The molecule has 2 aromatic carbocycles. The fourth-order valence-corrected chi connectivity index (χ4v) is 7.44. The van der Waals surface area contributed by atoms with Gasteiger partial charge in [-0.3, -0.25) is 19.3 Å². The van der Waals surface area contributed by atoms with Crippen LogP contribution in [0.4, 0.5) is 5.69 Å². The normalized spacial score (nSPS) is 17.9. The Hall–Kier alpha value is -4.63. The van der Waals surface area contributed by atoms with Crippen molar-refractivity contribution in [3.63, 3.8) is 0 Å². The lowest BCUT2D eigenvalue weighted by atomic mass is 10.0. The molecule has 2 atom stereocenters. The summed E-state index contributed by atoms with van der Waals surface area (Å²) < 4.78 is 1.72. The predicted octanol–water partition coefficient (Wildman–Crippen LogP) is 2.50. The number of β-lactam (4-membered cyclic amide) rings is 1. The zero-order chi connectivity index (χ0) is 30.1. The molecule has 4 aromatic rings. The molecule has 3 amide bonds. The number of H-pyrrole nitrogens is 1. The largest absolute Gasteiger partial charge is 0.477 e. The second-order valence-corrected chi connectivity index (χ2v) is 11.9. The van der Waals surface area contributed by atoms with Crippen LogP contribution in [0.1, 0.15) is 23.1 Å². The first kappa shape index (κ1) is 28.5. The van der Waals surface area contributed by atoms with E-state index in [1.165, 1.54) is 28.4 Å². The lowest BCUT2D eigenvalue weighted by Gasteiger charge is -2.49. The van der Waals surface area contributed by atoms with Gasteiger partial charge in [-0.25, -0.2) is 14.5 Å². The number of carboxylic acids is 1. The first-order valence-corrected chi connectivity index (χ1v) is 15.4. The molecule has 0 aliphatic carbocycles. The molecule has 0 spiro atoms. The summed E-state index contributed by atoms with van der Waals surface area (Å²) in [5, 5.41) is 23.7. The van der Waals surface area contributed by atoms with E-state index in [9.17, 15) is 24.3 Å². The molecule has 6 rings (SSSR count). The topological polar surface area (TPSA) is 175 Å². The van der Waals surface area contributed by atoms with Gasteiger partial charge in [0.15, 0.2) is 5.82 Å². The summed E-state index contributed by atoms with van der Waals surface area (Å²) in [7, 11) is 0. The number of para-hydroxylation sites is 3. The minimum Gasteiger partial charge on any atom is -0.477 e. The van der Waals surface area contributed by atoms with Crippen molar-refractivity contribution in [2.45, 2.75) is 36.3 Å². The molecule has 2 aliphatic heterocycles. The monoisotopic (exact) mass is 618 g/mol. The van der Waals surface area contributed by atoms with Crippen molar-refractivity contribution in [2.24, 2.45) is 0 Å². The van der Waals surface area contributed by atoms with Crippen LogP contribution in [0.15, 0.2) is 71.0 Å². The van der Waals surface area contributed by atoms with E-state index >= 15 is 0 Å². The molecule has 1 saturated heterocycles. The Labute approximate surface area is 253 Å². The van der Waals surface area contributed by atoms with E-state index in [0.717, 1.165) is 10.5 Å². The molecule has 2 aliphatic rings. The van der Waals surface area contributed by atoms with Crippen molar-refractivity contribution in [1.29, 1.82) is 0 Å². The number of anilines is 1. The lowest BCUT2D eigenvalue weighted by molar-refractivity contribution is -0.150. The van der Waals surface area contributed by atoms with E-state index < -0.39 is 35.1 Å².